The summed E-state index contributed by atoms with van der Waals surface area (Å²) < 4.78 is 10.7. The second-order valence-corrected chi connectivity index (χ2v) is 7.06. The second-order valence-electron chi connectivity index (χ2n) is 6.65. The van der Waals surface area contributed by atoms with Crippen LogP contribution in [0, 0.1) is 0 Å². The van der Waals surface area contributed by atoms with Gasteiger partial charge in [0.15, 0.2) is 5.11 Å². The first kappa shape index (κ1) is 22.4. The SMILES string of the molecule is CC(C)Oc1ccc(NC(=S)NC(=O)CCC(=O)OCCc2ccccc2)cc1. The quantitative estimate of drug-likeness (QED) is 0.479. The van der Waals surface area contributed by atoms with Crippen molar-refractivity contribution >= 4 is 34.9 Å². The predicted molar refractivity (Wildman–Crippen MR) is 117 cm³/mol. The zero-order valence-electron chi connectivity index (χ0n) is 16.6. The Labute approximate surface area is 176 Å². The van der Waals surface area contributed by atoms with E-state index in [1.807, 2.05) is 56.3 Å². The molecular weight excluding hydrogens is 388 g/mol. The molecule has 154 valence electrons. The number of amides is 1. The number of carbonyl (C=O) groups excluding carboxylic acids is 2. The van der Waals surface area contributed by atoms with Gasteiger partial charge < -0.3 is 20.1 Å². The summed E-state index contributed by atoms with van der Waals surface area (Å²) in [6, 6.07) is 17.0. The van der Waals surface area contributed by atoms with E-state index in [1.54, 1.807) is 12.1 Å². The molecule has 2 aromatic carbocycles. The van der Waals surface area contributed by atoms with Crippen molar-refractivity contribution in [2.45, 2.75) is 39.2 Å². The molecule has 0 aliphatic heterocycles. The Morgan fingerprint density at radius 3 is 2.34 bits per heavy atom. The fourth-order valence-corrected chi connectivity index (χ4v) is 2.69. The minimum atomic E-state index is -0.407. The molecule has 0 spiro atoms. The Bertz CT molecular complexity index is 807. The number of hydrogen-bond donors (Lipinski definition) is 2. The molecule has 0 bridgehead atoms. The van der Waals surface area contributed by atoms with Gasteiger partial charge in [0, 0.05) is 18.5 Å². The van der Waals surface area contributed by atoms with Crippen molar-refractivity contribution in [3.63, 3.8) is 0 Å². The highest BCUT2D eigenvalue weighted by atomic mass is 32.1. The minimum absolute atomic E-state index is 0.00444. The molecule has 2 rings (SSSR count). The molecule has 0 unspecified atom stereocenters. The van der Waals surface area contributed by atoms with Gasteiger partial charge in [0.05, 0.1) is 19.1 Å². The van der Waals surface area contributed by atoms with Crippen LogP contribution in [0.15, 0.2) is 54.6 Å². The fourth-order valence-electron chi connectivity index (χ4n) is 2.46. The maximum atomic E-state index is 12.0. The molecule has 0 fully saturated rings. The molecule has 0 radical (unpaired) electrons. The normalized spacial score (nSPS) is 10.3. The lowest BCUT2D eigenvalue weighted by molar-refractivity contribution is -0.144. The van der Waals surface area contributed by atoms with Gasteiger partial charge in [-0.25, -0.2) is 0 Å². The first-order valence-electron chi connectivity index (χ1n) is 9.49. The zero-order chi connectivity index (χ0) is 21.1. The van der Waals surface area contributed by atoms with Gasteiger partial charge in [-0.3, -0.25) is 9.59 Å². The average Bonchev–Trinajstić information content (AvgIpc) is 2.68. The Hall–Kier alpha value is -2.93. The van der Waals surface area contributed by atoms with Crippen LogP contribution in [-0.4, -0.2) is 29.7 Å². The molecule has 0 aromatic heterocycles. The number of hydrogen-bond acceptors (Lipinski definition) is 5. The van der Waals surface area contributed by atoms with E-state index in [0.717, 1.165) is 17.0 Å². The van der Waals surface area contributed by atoms with E-state index in [-0.39, 0.29) is 30.0 Å². The molecule has 0 heterocycles. The van der Waals surface area contributed by atoms with Gasteiger partial charge in [-0.05, 0) is 55.9 Å². The molecule has 0 saturated carbocycles. The van der Waals surface area contributed by atoms with Crippen LogP contribution in [-0.2, 0) is 20.7 Å². The van der Waals surface area contributed by atoms with Crippen LogP contribution in [0.5, 0.6) is 5.75 Å². The molecular formula is C22H26N2O4S. The lowest BCUT2D eigenvalue weighted by Gasteiger charge is -2.12. The van der Waals surface area contributed by atoms with Gasteiger partial charge in [0.2, 0.25) is 5.91 Å². The Kier molecular flexibility index (Phi) is 9.11. The van der Waals surface area contributed by atoms with Gasteiger partial charge in [-0.15, -0.1) is 0 Å². The number of thiocarbonyl (C=S) groups is 1. The third-order valence-electron chi connectivity index (χ3n) is 3.79. The highest BCUT2D eigenvalue weighted by Gasteiger charge is 2.10. The number of anilines is 1. The number of benzene rings is 2. The van der Waals surface area contributed by atoms with E-state index < -0.39 is 5.97 Å². The maximum absolute atomic E-state index is 12.0. The van der Waals surface area contributed by atoms with E-state index in [0.29, 0.717) is 13.0 Å². The van der Waals surface area contributed by atoms with Crippen LogP contribution in [0.3, 0.4) is 0 Å². The number of nitrogens with one attached hydrogen (secondary N) is 2. The molecule has 1 amide bonds. The van der Waals surface area contributed by atoms with Crippen molar-refractivity contribution in [3.8, 4) is 5.75 Å². The predicted octanol–water partition coefficient (Wildman–Crippen LogP) is 3.85. The number of carbonyl (C=O) groups is 2. The standard InChI is InChI=1S/C22H26N2O4S/c1-16(2)28-19-10-8-18(9-11-19)23-22(29)24-20(25)12-13-21(26)27-15-14-17-6-4-3-5-7-17/h3-11,16H,12-15H2,1-2H3,(H2,23,24,25,29). The molecule has 29 heavy (non-hydrogen) atoms. The zero-order valence-corrected chi connectivity index (χ0v) is 17.5. The summed E-state index contributed by atoms with van der Waals surface area (Å²) in [5.74, 6) is 0.00394. The summed E-state index contributed by atoms with van der Waals surface area (Å²) in [7, 11) is 0. The molecule has 2 N–H and O–H groups in total. The van der Waals surface area contributed by atoms with Crippen molar-refractivity contribution in [1.82, 2.24) is 5.32 Å². The van der Waals surface area contributed by atoms with Gasteiger partial charge in [0.1, 0.15) is 5.75 Å². The van der Waals surface area contributed by atoms with Gasteiger partial charge in [-0.1, -0.05) is 30.3 Å². The maximum Gasteiger partial charge on any atom is 0.306 e. The lowest BCUT2D eigenvalue weighted by Crippen LogP contribution is -2.34. The summed E-state index contributed by atoms with van der Waals surface area (Å²) in [6.07, 6.45) is 0.755. The smallest absolute Gasteiger partial charge is 0.306 e. The Morgan fingerprint density at radius 1 is 1.00 bits per heavy atom. The molecule has 6 nitrogen and oxygen atoms in total. The van der Waals surface area contributed by atoms with E-state index in [2.05, 4.69) is 10.6 Å². The summed E-state index contributed by atoms with van der Waals surface area (Å²) in [4.78, 5) is 23.7. The first-order valence-corrected chi connectivity index (χ1v) is 9.90. The van der Waals surface area contributed by atoms with Gasteiger partial charge >= 0.3 is 5.97 Å². The van der Waals surface area contributed by atoms with Gasteiger partial charge in [-0.2, -0.15) is 0 Å². The van der Waals surface area contributed by atoms with E-state index in [1.165, 1.54) is 0 Å². The third kappa shape index (κ3) is 9.21. The van der Waals surface area contributed by atoms with Crippen molar-refractivity contribution in [3.05, 3.63) is 60.2 Å². The van der Waals surface area contributed by atoms with Crippen LogP contribution in [0.25, 0.3) is 0 Å². The summed E-state index contributed by atoms with van der Waals surface area (Å²) in [5, 5.41) is 5.65. The first-order chi connectivity index (χ1) is 13.9. The molecule has 0 aliphatic rings. The van der Waals surface area contributed by atoms with Crippen LogP contribution in [0.4, 0.5) is 5.69 Å². The van der Waals surface area contributed by atoms with Crippen molar-refractivity contribution in [1.29, 1.82) is 0 Å². The highest BCUT2D eigenvalue weighted by molar-refractivity contribution is 7.80. The molecule has 2 aromatic rings. The van der Waals surface area contributed by atoms with E-state index in [4.69, 9.17) is 21.7 Å². The van der Waals surface area contributed by atoms with E-state index in [9.17, 15) is 9.59 Å². The van der Waals surface area contributed by atoms with Crippen molar-refractivity contribution in [2.75, 3.05) is 11.9 Å². The van der Waals surface area contributed by atoms with Crippen molar-refractivity contribution in [2.24, 2.45) is 0 Å². The molecule has 0 aliphatic carbocycles. The number of esters is 1. The summed E-state index contributed by atoms with van der Waals surface area (Å²) in [6.45, 7) is 4.20. The summed E-state index contributed by atoms with van der Waals surface area (Å²) >= 11 is 5.13. The summed E-state index contributed by atoms with van der Waals surface area (Å²) in [5.41, 5.74) is 1.82. The number of rotatable bonds is 9. The number of ether oxygens (including phenoxy) is 2. The average molecular weight is 415 g/mol. The van der Waals surface area contributed by atoms with Crippen LogP contribution < -0.4 is 15.4 Å². The van der Waals surface area contributed by atoms with Gasteiger partial charge in [0.25, 0.3) is 0 Å². The Morgan fingerprint density at radius 2 is 1.69 bits per heavy atom. The van der Waals surface area contributed by atoms with Crippen LogP contribution in [0.2, 0.25) is 0 Å². The lowest BCUT2D eigenvalue weighted by atomic mass is 10.2. The monoisotopic (exact) mass is 414 g/mol. The fraction of sp³-hybridized carbons (Fsp3) is 0.318. The Balaban J connectivity index is 1.63. The third-order valence-corrected chi connectivity index (χ3v) is 3.99. The van der Waals surface area contributed by atoms with Crippen molar-refractivity contribution < 1.29 is 19.1 Å². The second kappa shape index (κ2) is 11.8. The molecule has 0 saturated heterocycles. The van der Waals surface area contributed by atoms with Crippen LogP contribution in [0.1, 0.15) is 32.3 Å². The van der Waals surface area contributed by atoms with Crippen LogP contribution >= 0.6 is 12.2 Å². The highest BCUT2D eigenvalue weighted by Crippen LogP contribution is 2.16. The largest absolute Gasteiger partial charge is 0.491 e. The minimum Gasteiger partial charge on any atom is -0.491 e. The van der Waals surface area contributed by atoms with E-state index >= 15 is 0 Å². The topological polar surface area (TPSA) is 76.7 Å². The molecule has 7 heteroatoms. The molecule has 0 atom stereocenters.